The van der Waals surface area contributed by atoms with Crippen molar-refractivity contribution in [1.82, 2.24) is 0 Å². The molecule has 6 nitrogen and oxygen atoms in total. The fraction of sp³-hybridized carbons (Fsp3) is 0.618. The summed E-state index contributed by atoms with van der Waals surface area (Å²) in [5, 5.41) is 0. The van der Waals surface area contributed by atoms with E-state index in [-0.39, 0.29) is 44.0 Å². The second-order valence-corrected chi connectivity index (χ2v) is 15.6. The third-order valence-electron chi connectivity index (χ3n) is 9.79. The summed E-state index contributed by atoms with van der Waals surface area (Å²) in [5.41, 5.74) is 0. The van der Waals surface area contributed by atoms with Crippen molar-refractivity contribution in [3.63, 3.8) is 0 Å². The highest BCUT2D eigenvalue weighted by Crippen LogP contribution is 2.13. The quantitative estimate of drug-likeness (QED) is 0.0264. The van der Waals surface area contributed by atoms with Crippen LogP contribution in [0.5, 0.6) is 0 Å². The first-order valence-corrected chi connectivity index (χ1v) is 24.4. The largest absolute Gasteiger partial charge is 0.462 e. The zero-order chi connectivity index (χ0) is 44.4. The first kappa shape index (κ1) is 57.1. The minimum atomic E-state index is -0.819. The van der Waals surface area contributed by atoms with Crippen LogP contribution in [0.1, 0.15) is 201 Å². The van der Waals surface area contributed by atoms with Crippen molar-refractivity contribution < 1.29 is 28.6 Å². The Morgan fingerprint density at radius 1 is 0.344 bits per heavy atom. The molecule has 0 aliphatic heterocycles. The fourth-order valence-electron chi connectivity index (χ4n) is 6.19. The van der Waals surface area contributed by atoms with Gasteiger partial charge in [0.05, 0.1) is 0 Å². The number of ether oxygens (including phenoxy) is 3. The number of allylic oxidation sites excluding steroid dienone is 18. The van der Waals surface area contributed by atoms with Crippen LogP contribution in [0.4, 0.5) is 0 Å². The fourth-order valence-corrected chi connectivity index (χ4v) is 6.19. The van der Waals surface area contributed by atoms with Gasteiger partial charge in [0.15, 0.2) is 6.10 Å². The number of hydrogen-bond acceptors (Lipinski definition) is 6. The molecule has 0 N–H and O–H groups in total. The molecule has 0 spiro atoms. The average Bonchev–Trinajstić information content (AvgIpc) is 3.26. The third kappa shape index (κ3) is 47.0. The summed E-state index contributed by atoms with van der Waals surface area (Å²) in [6.07, 6.45) is 65.1. The van der Waals surface area contributed by atoms with Crippen LogP contribution in [-0.4, -0.2) is 37.2 Å². The number of esters is 3. The normalized spacial score (nSPS) is 13.0. The summed E-state index contributed by atoms with van der Waals surface area (Å²) in [6.45, 7) is 6.29. The lowest BCUT2D eigenvalue weighted by Gasteiger charge is -2.18. The van der Waals surface area contributed by atoms with Crippen molar-refractivity contribution in [3.8, 4) is 0 Å². The summed E-state index contributed by atoms with van der Waals surface area (Å²) in [7, 11) is 0. The zero-order valence-electron chi connectivity index (χ0n) is 39.1. The maximum Gasteiger partial charge on any atom is 0.306 e. The van der Waals surface area contributed by atoms with Gasteiger partial charge in [-0.2, -0.15) is 0 Å². The molecular formula is C55H88O6. The maximum atomic E-state index is 12.7. The van der Waals surface area contributed by atoms with Gasteiger partial charge in [0, 0.05) is 19.3 Å². The number of carbonyl (C=O) groups is 3. The Labute approximate surface area is 374 Å². The van der Waals surface area contributed by atoms with Crippen molar-refractivity contribution in [3.05, 3.63) is 109 Å². The van der Waals surface area contributed by atoms with Gasteiger partial charge < -0.3 is 14.2 Å². The summed E-state index contributed by atoms with van der Waals surface area (Å²) >= 11 is 0. The van der Waals surface area contributed by atoms with Gasteiger partial charge in [-0.15, -0.1) is 0 Å². The van der Waals surface area contributed by atoms with Crippen LogP contribution < -0.4 is 0 Å². The summed E-state index contributed by atoms with van der Waals surface area (Å²) in [4.78, 5) is 37.8. The van der Waals surface area contributed by atoms with Crippen molar-refractivity contribution in [2.75, 3.05) is 13.2 Å². The first-order valence-electron chi connectivity index (χ1n) is 24.4. The highest BCUT2D eigenvalue weighted by Gasteiger charge is 2.19. The Balaban J connectivity index is 4.53. The van der Waals surface area contributed by atoms with Gasteiger partial charge >= 0.3 is 17.9 Å². The van der Waals surface area contributed by atoms with E-state index >= 15 is 0 Å². The Hall–Kier alpha value is -3.93. The number of unbranched alkanes of at least 4 members (excludes halogenated alkanes) is 13. The van der Waals surface area contributed by atoms with Gasteiger partial charge in [-0.05, 0) is 89.9 Å². The molecule has 1 atom stereocenters. The van der Waals surface area contributed by atoms with Crippen LogP contribution in [0.15, 0.2) is 109 Å². The van der Waals surface area contributed by atoms with Crippen LogP contribution in [-0.2, 0) is 28.6 Å². The number of rotatable bonds is 42. The standard InChI is InChI=1S/C55H88O6/c1-4-7-10-13-16-19-22-24-26-27-28-29-30-32-33-36-39-42-45-48-54(57)60-51-52(50-59-53(56)47-44-41-38-35-21-18-15-12-9-6-3)61-55(58)49-46-43-40-37-34-31-25-23-20-17-14-11-8-5-2/h7-8,10-11,16-17,19-20,24-26,28-29,31-33,39,42,52H,4-6,9,12-15,18,21-23,27,30,34-38,40-41,43-51H2,1-3H3/b10-7-,11-8-,19-16-,20-17-,26-24-,29-28-,31-25-,33-32-,42-39-. The molecule has 0 aromatic carbocycles. The molecular weight excluding hydrogens is 757 g/mol. The molecule has 0 amide bonds. The Morgan fingerprint density at radius 3 is 1.10 bits per heavy atom. The van der Waals surface area contributed by atoms with Crippen molar-refractivity contribution in [2.45, 2.75) is 207 Å². The predicted molar refractivity (Wildman–Crippen MR) is 260 cm³/mol. The minimum Gasteiger partial charge on any atom is -0.462 e. The molecule has 0 aromatic heterocycles. The zero-order valence-corrected chi connectivity index (χ0v) is 39.1. The summed E-state index contributed by atoms with van der Waals surface area (Å²) in [6, 6.07) is 0. The SMILES string of the molecule is CC/C=C\C/C=C\C/C=C\C/C=C\C/C=C\C/C=C\CCC(=O)OCC(COC(=O)CCCCCCCCCCCC)OC(=O)CCCCCC/C=C\C/C=C\C/C=C\CC. The molecule has 0 aliphatic rings. The molecule has 0 aromatic rings. The minimum absolute atomic E-state index is 0.111. The molecule has 0 bridgehead atoms. The monoisotopic (exact) mass is 845 g/mol. The van der Waals surface area contributed by atoms with E-state index in [9.17, 15) is 14.4 Å². The Bertz CT molecular complexity index is 1290. The van der Waals surface area contributed by atoms with Crippen LogP contribution >= 0.6 is 0 Å². The molecule has 6 heteroatoms. The lowest BCUT2D eigenvalue weighted by atomic mass is 10.1. The van der Waals surface area contributed by atoms with E-state index in [4.69, 9.17) is 14.2 Å². The molecule has 0 radical (unpaired) electrons. The molecule has 61 heavy (non-hydrogen) atoms. The molecule has 0 heterocycles. The van der Waals surface area contributed by atoms with Gasteiger partial charge in [-0.25, -0.2) is 0 Å². The first-order chi connectivity index (χ1) is 30.0. The molecule has 1 unspecified atom stereocenters. The lowest BCUT2D eigenvalue weighted by molar-refractivity contribution is -0.166. The van der Waals surface area contributed by atoms with Crippen molar-refractivity contribution in [1.29, 1.82) is 0 Å². The lowest BCUT2D eigenvalue weighted by Crippen LogP contribution is -2.30. The molecule has 0 rings (SSSR count). The molecule has 0 saturated carbocycles. The maximum absolute atomic E-state index is 12.7. The van der Waals surface area contributed by atoms with E-state index in [1.54, 1.807) is 0 Å². The van der Waals surface area contributed by atoms with Gasteiger partial charge in [0.2, 0.25) is 0 Å². The molecule has 344 valence electrons. The molecule has 0 saturated heterocycles. The van der Waals surface area contributed by atoms with Crippen molar-refractivity contribution >= 4 is 17.9 Å². The van der Waals surface area contributed by atoms with E-state index in [1.807, 2.05) is 12.2 Å². The number of hydrogen-bond donors (Lipinski definition) is 0. The van der Waals surface area contributed by atoms with Crippen molar-refractivity contribution in [2.24, 2.45) is 0 Å². The van der Waals surface area contributed by atoms with Gasteiger partial charge in [0.25, 0.3) is 0 Å². The van der Waals surface area contributed by atoms with Crippen LogP contribution in [0.3, 0.4) is 0 Å². The predicted octanol–water partition coefficient (Wildman–Crippen LogP) is 16.0. The second kappa shape index (κ2) is 48.7. The average molecular weight is 845 g/mol. The van der Waals surface area contributed by atoms with E-state index < -0.39 is 6.10 Å². The van der Waals surface area contributed by atoms with Gasteiger partial charge in [-0.1, -0.05) is 201 Å². The van der Waals surface area contributed by atoms with Crippen LogP contribution in [0, 0.1) is 0 Å². The Morgan fingerprint density at radius 2 is 0.672 bits per heavy atom. The van der Waals surface area contributed by atoms with E-state index in [2.05, 4.69) is 118 Å². The summed E-state index contributed by atoms with van der Waals surface area (Å²) in [5.74, 6) is -1.03. The van der Waals surface area contributed by atoms with Gasteiger partial charge in [0.1, 0.15) is 13.2 Å². The van der Waals surface area contributed by atoms with E-state index in [0.29, 0.717) is 12.8 Å². The summed E-state index contributed by atoms with van der Waals surface area (Å²) < 4.78 is 16.6. The topological polar surface area (TPSA) is 78.9 Å². The third-order valence-corrected chi connectivity index (χ3v) is 9.79. The van der Waals surface area contributed by atoms with E-state index in [1.165, 1.54) is 44.9 Å². The highest BCUT2D eigenvalue weighted by molar-refractivity contribution is 5.71. The molecule has 0 fully saturated rings. The smallest absolute Gasteiger partial charge is 0.306 e. The van der Waals surface area contributed by atoms with Crippen LogP contribution in [0.2, 0.25) is 0 Å². The van der Waals surface area contributed by atoms with Crippen LogP contribution in [0.25, 0.3) is 0 Å². The number of carbonyl (C=O) groups excluding carboxylic acids is 3. The van der Waals surface area contributed by atoms with Gasteiger partial charge in [-0.3, -0.25) is 14.4 Å². The van der Waals surface area contributed by atoms with E-state index in [0.717, 1.165) is 109 Å². The molecule has 0 aliphatic carbocycles. The highest BCUT2D eigenvalue weighted by atomic mass is 16.6. The Kier molecular flexibility index (Phi) is 45.6. The second-order valence-electron chi connectivity index (χ2n) is 15.6.